The fraction of sp³-hybridized carbons (Fsp3) is 0.625. The predicted octanol–water partition coefficient (Wildman–Crippen LogP) is 4.68. The number of benzene rings is 1. The van der Waals surface area contributed by atoms with E-state index in [0.717, 1.165) is 12.2 Å². The summed E-state index contributed by atoms with van der Waals surface area (Å²) in [6, 6.07) is 6.32. The Morgan fingerprint density at radius 1 is 1.32 bits per heavy atom. The molecule has 0 amide bonds. The van der Waals surface area contributed by atoms with Gasteiger partial charge in [-0.05, 0) is 42.5 Å². The molecule has 0 heterocycles. The van der Waals surface area contributed by atoms with Gasteiger partial charge in [0.25, 0.3) is 0 Å². The lowest BCUT2D eigenvalue weighted by atomic mass is 9.77. The lowest BCUT2D eigenvalue weighted by Gasteiger charge is -2.31. The molecule has 0 aliphatic rings. The molecule has 108 valence electrons. The van der Waals surface area contributed by atoms with Crippen molar-refractivity contribution in [1.82, 2.24) is 5.32 Å². The van der Waals surface area contributed by atoms with Gasteiger partial charge in [0.1, 0.15) is 5.75 Å². The quantitative estimate of drug-likeness (QED) is 0.847. The molecule has 0 saturated carbocycles. The first-order valence-electron chi connectivity index (χ1n) is 6.80. The van der Waals surface area contributed by atoms with Crippen molar-refractivity contribution in [3.8, 4) is 5.75 Å². The summed E-state index contributed by atoms with van der Waals surface area (Å²) in [5.41, 5.74) is 1.53. The van der Waals surface area contributed by atoms with Crippen LogP contribution in [0.3, 0.4) is 0 Å². The summed E-state index contributed by atoms with van der Waals surface area (Å²) in [4.78, 5) is 0. The first-order chi connectivity index (χ1) is 8.79. The molecule has 0 aliphatic carbocycles. The number of hydrogen-bond donors (Lipinski definition) is 1. The topological polar surface area (TPSA) is 21.3 Å². The molecular weight excluding hydrogens is 258 g/mol. The Morgan fingerprint density at radius 2 is 1.95 bits per heavy atom. The maximum absolute atomic E-state index is 6.08. The summed E-state index contributed by atoms with van der Waals surface area (Å²) in [5.74, 6) is 1.36. The summed E-state index contributed by atoms with van der Waals surface area (Å²) in [6.07, 6.45) is 1.09. The van der Waals surface area contributed by atoms with Gasteiger partial charge in [-0.25, -0.2) is 0 Å². The molecule has 0 aromatic heterocycles. The Labute approximate surface area is 122 Å². The Hall–Kier alpha value is -0.730. The molecule has 0 saturated heterocycles. The highest BCUT2D eigenvalue weighted by atomic mass is 35.5. The lowest BCUT2D eigenvalue weighted by molar-refractivity contribution is 0.226. The van der Waals surface area contributed by atoms with E-state index in [9.17, 15) is 0 Å². The highest BCUT2D eigenvalue weighted by Gasteiger charge is 2.24. The van der Waals surface area contributed by atoms with Crippen LogP contribution in [0.4, 0.5) is 0 Å². The third kappa shape index (κ3) is 4.39. The summed E-state index contributed by atoms with van der Waals surface area (Å²) in [6.45, 7) is 9.16. The molecule has 1 rings (SSSR count). The number of ether oxygens (including phenoxy) is 1. The number of rotatable bonds is 5. The second-order valence-electron chi connectivity index (χ2n) is 6.24. The summed E-state index contributed by atoms with van der Waals surface area (Å²) >= 11 is 6.08. The zero-order chi connectivity index (χ0) is 14.6. The van der Waals surface area contributed by atoms with Crippen LogP contribution in [0, 0.1) is 11.3 Å². The van der Waals surface area contributed by atoms with Gasteiger partial charge in [-0.15, -0.1) is 0 Å². The molecule has 2 atom stereocenters. The molecule has 0 bridgehead atoms. The Bertz CT molecular complexity index is 412. The zero-order valence-electron chi connectivity index (χ0n) is 12.9. The molecule has 0 radical (unpaired) electrons. The van der Waals surface area contributed by atoms with Gasteiger partial charge in [0, 0.05) is 6.04 Å². The molecule has 2 nitrogen and oxygen atoms in total. The van der Waals surface area contributed by atoms with Crippen molar-refractivity contribution in [3.05, 3.63) is 28.8 Å². The van der Waals surface area contributed by atoms with Crippen molar-refractivity contribution in [1.29, 1.82) is 0 Å². The molecule has 19 heavy (non-hydrogen) atoms. The predicted molar refractivity (Wildman–Crippen MR) is 83.0 cm³/mol. The first-order valence-corrected chi connectivity index (χ1v) is 7.18. The molecule has 0 aliphatic heterocycles. The van der Waals surface area contributed by atoms with Crippen LogP contribution in [0.1, 0.15) is 45.7 Å². The summed E-state index contributed by atoms with van der Waals surface area (Å²) in [7, 11) is 3.65. The van der Waals surface area contributed by atoms with E-state index in [0.29, 0.717) is 22.4 Å². The second-order valence-corrected chi connectivity index (χ2v) is 6.65. The van der Waals surface area contributed by atoms with Crippen LogP contribution in [0.2, 0.25) is 5.02 Å². The van der Waals surface area contributed by atoms with Gasteiger partial charge in [0.05, 0.1) is 12.1 Å². The average Bonchev–Trinajstić information content (AvgIpc) is 2.35. The molecule has 2 unspecified atom stereocenters. The van der Waals surface area contributed by atoms with Crippen molar-refractivity contribution in [2.45, 2.75) is 40.2 Å². The van der Waals surface area contributed by atoms with Gasteiger partial charge in [-0.2, -0.15) is 0 Å². The van der Waals surface area contributed by atoms with E-state index in [4.69, 9.17) is 16.3 Å². The number of halogens is 1. The second kappa shape index (κ2) is 6.62. The minimum Gasteiger partial charge on any atom is -0.495 e. The fourth-order valence-electron chi connectivity index (χ4n) is 2.02. The molecule has 0 fully saturated rings. The third-order valence-corrected chi connectivity index (χ3v) is 4.31. The van der Waals surface area contributed by atoms with Gasteiger partial charge < -0.3 is 10.1 Å². The minimum atomic E-state index is 0.311. The van der Waals surface area contributed by atoms with Crippen molar-refractivity contribution in [2.24, 2.45) is 11.3 Å². The van der Waals surface area contributed by atoms with E-state index in [1.807, 2.05) is 19.2 Å². The third-order valence-electron chi connectivity index (χ3n) is 3.99. The van der Waals surface area contributed by atoms with Gasteiger partial charge in [0.2, 0.25) is 0 Å². The lowest BCUT2D eigenvalue weighted by Crippen LogP contribution is -2.25. The van der Waals surface area contributed by atoms with Crippen LogP contribution in [-0.4, -0.2) is 14.2 Å². The highest BCUT2D eigenvalue weighted by Crippen LogP contribution is 2.35. The van der Waals surface area contributed by atoms with Gasteiger partial charge >= 0.3 is 0 Å². The summed E-state index contributed by atoms with van der Waals surface area (Å²) in [5, 5.41) is 4.05. The molecule has 1 aromatic rings. The van der Waals surface area contributed by atoms with Crippen LogP contribution >= 0.6 is 11.6 Å². The van der Waals surface area contributed by atoms with Crippen molar-refractivity contribution in [3.63, 3.8) is 0 Å². The maximum atomic E-state index is 6.08. The van der Waals surface area contributed by atoms with Crippen molar-refractivity contribution in [2.75, 3.05) is 14.2 Å². The minimum absolute atomic E-state index is 0.311. The van der Waals surface area contributed by atoms with E-state index in [1.54, 1.807) is 7.11 Å². The largest absolute Gasteiger partial charge is 0.495 e. The van der Waals surface area contributed by atoms with E-state index >= 15 is 0 Å². The van der Waals surface area contributed by atoms with Gasteiger partial charge in [-0.1, -0.05) is 45.4 Å². The molecule has 1 aromatic carbocycles. The number of methoxy groups -OCH3 is 1. The number of hydrogen-bond acceptors (Lipinski definition) is 2. The SMILES string of the molecule is CNC(CC(C)C(C)(C)C)c1ccc(Cl)c(OC)c1. The van der Waals surface area contributed by atoms with Gasteiger partial charge in [0.15, 0.2) is 0 Å². The van der Waals surface area contributed by atoms with Crippen molar-refractivity contribution < 1.29 is 4.74 Å². The molecule has 0 spiro atoms. The Balaban J connectivity index is 2.91. The van der Waals surface area contributed by atoms with E-state index in [1.165, 1.54) is 5.56 Å². The molecular formula is C16H26ClNO. The monoisotopic (exact) mass is 283 g/mol. The highest BCUT2D eigenvalue weighted by molar-refractivity contribution is 6.32. The van der Waals surface area contributed by atoms with Crippen LogP contribution in [-0.2, 0) is 0 Å². The average molecular weight is 284 g/mol. The van der Waals surface area contributed by atoms with E-state index < -0.39 is 0 Å². The zero-order valence-corrected chi connectivity index (χ0v) is 13.6. The van der Waals surface area contributed by atoms with Crippen molar-refractivity contribution >= 4 is 11.6 Å². The van der Waals surface area contributed by atoms with Crippen LogP contribution in [0.15, 0.2) is 18.2 Å². The van der Waals surface area contributed by atoms with Crippen LogP contribution in [0.25, 0.3) is 0 Å². The fourth-order valence-corrected chi connectivity index (χ4v) is 2.22. The number of nitrogens with one attached hydrogen (secondary N) is 1. The van der Waals surface area contributed by atoms with Crippen LogP contribution in [0.5, 0.6) is 5.75 Å². The summed E-state index contributed by atoms with van der Waals surface area (Å²) < 4.78 is 5.29. The molecule has 3 heteroatoms. The Kier molecular flexibility index (Phi) is 5.69. The Morgan fingerprint density at radius 3 is 2.42 bits per heavy atom. The van der Waals surface area contributed by atoms with E-state index in [-0.39, 0.29) is 0 Å². The normalized spacial score (nSPS) is 15.1. The van der Waals surface area contributed by atoms with E-state index in [2.05, 4.69) is 39.1 Å². The standard InChI is InChI=1S/C16H26ClNO/c1-11(16(2,3)4)9-14(18-5)12-7-8-13(17)15(10-12)19-6/h7-8,10-11,14,18H,9H2,1-6H3. The first kappa shape index (κ1) is 16.3. The smallest absolute Gasteiger partial charge is 0.137 e. The van der Waals surface area contributed by atoms with Crippen LogP contribution < -0.4 is 10.1 Å². The maximum Gasteiger partial charge on any atom is 0.137 e. The van der Waals surface area contributed by atoms with Gasteiger partial charge in [-0.3, -0.25) is 0 Å². The molecule has 1 N–H and O–H groups in total.